The van der Waals surface area contributed by atoms with Crippen LogP contribution in [0.25, 0.3) is 0 Å². The lowest BCUT2D eigenvalue weighted by Crippen LogP contribution is -2.37. The lowest BCUT2D eigenvalue weighted by Gasteiger charge is -2.25. The number of hydrogen-bond donors (Lipinski definition) is 1. The number of amides is 1. The molecule has 1 amide bonds. The van der Waals surface area contributed by atoms with Crippen molar-refractivity contribution in [2.45, 2.75) is 38.3 Å². The average molecular weight is 370 g/mol. The molecular weight excluding hydrogens is 346 g/mol. The van der Waals surface area contributed by atoms with Gasteiger partial charge in [0.2, 0.25) is 5.91 Å². The molecule has 1 aromatic carbocycles. The molecule has 1 heterocycles. The van der Waals surface area contributed by atoms with Crippen LogP contribution in [0, 0.1) is 0 Å². The molecule has 0 spiro atoms. The number of alkyl halides is 2. The average Bonchev–Trinajstić information content (AvgIpc) is 2.81. The molecule has 0 bridgehead atoms. The lowest BCUT2D eigenvalue weighted by atomic mass is 10.1. The highest BCUT2D eigenvalue weighted by Gasteiger charge is 2.24. The van der Waals surface area contributed by atoms with E-state index in [4.69, 9.17) is 5.11 Å². The second-order valence-electron chi connectivity index (χ2n) is 6.44. The fraction of sp³-hybridized carbons (Fsp3) is 0.556. The highest BCUT2D eigenvalue weighted by molar-refractivity contribution is 5.79. The van der Waals surface area contributed by atoms with Crippen molar-refractivity contribution in [2.24, 2.45) is 0 Å². The molecule has 1 aliphatic rings. The molecule has 0 aromatic heterocycles. The summed E-state index contributed by atoms with van der Waals surface area (Å²) >= 11 is 0. The first-order chi connectivity index (χ1) is 12.4. The summed E-state index contributed by atoms with van der Waals surface area (Å²) in [6.07, 6.45) is 2.28. The molecule has 26 heavy (non-hydrogen) atoms. The molecule has 1 aliphatic heterocycles. The zero-order valence-corrected chi connectivity index (χ0v) is 14.7. The van der Waals surface area contributed by atoms with Crippen molar-refractivity contribution >= 4 is 11.9 Å². The van der Waals surface area contributed by atoms with Crippen LogP contribution in [0.4, 0.5) is 8.78 Å². The Labute approximate surface area is 151 Å². The molecule has 8 heteroatoms. The van der Waals surface area contributed by atoms with Crippen LogP contribution in [0.3, 0.4) is 0 Å². The van der Waals surface area contributed by atoms with E-state index in [9.17, 15) is 18.4 Å². The van der Waals surface area contributed by atoms with E-state index >= 15 is 0 Å². The number of likely N-dealkylation sites (N-methyl/N-ethyl adjacent to an activating group) is 1. The van der Waals surface area contributed by atoms with Crippen LogP contribution in [-0.2, 0) is 16.0 Å². The summed E-state index contributed by atoms with van der Waals surface area (Å²) in [6.45, 7) is -1.87. The number of benzene rings is 1. The van der Waals surface area contributed by atoms with Gasteiger partial charge in [0.15, 0.2) is 0 Å². The van der Waals surface area contributed by atoms with Crippen molar-refractivity contribution in [3.63, 3.8) is 0 Å². The van der Waals surface area contributed by atoms with Gasteiger partial charge in [-0.2, -0.15) is 8.78 Å². The van der Waals surface area contributed by atoms with E-state index in [2.05, 4.69) is 4.74 Å². The molecule has 0 radical (unpaired) electrons. The number of para-hydroxylation sites is 1. The molecule has 1 saturated heterocycles. The van der Waals surface area contributed by atoms with Gasteiger partial charge in [0.25, 0.3) is 0 Å². The van der Waals surface area contributed by atoms with Gasteiger partial charge in [0.05, 0.1) is 13.0 Å². The van der Waals surface area contributed by atoms with Crippen molar-refractivity contribution in [3.05, 3.63) is 29.8 Å². The molecular formula is C18H24F2N2O4. The predicted octanol–water partition coefficient (Wildman–Crippen LogP) is 2.23. The van der Waals surface area contributed by atoms with Crippen molar-refractivity contribution in [1.82, 2.24) is 9.80 Å². The molecule has 1 unspecified atom stereocenters. The number of carboxylic acids is 1. The maximum absolute atomic E-state index is 12.6. The summed E-state index contributed by atoms with van der Waals surface area (Å²) in [5.74, 6) is -0.998. The summed E-state index contributed by atoms with van der Waals surface area (Å²) in [4.78, 5) is 26.9. The van der Waals surface area contributed by atoms with Gasteiger partial charge in [-0.05, 0) is 32.4 Å². The quantitative estimate of drug-likeness (QED) is 0.797. The van der Waals surface area contributed by atoms with E-state index < -0.39 is 12.6 Å². The van der Waals surface area contributed by atoms with Gasteiger partial charge in [0, 0.05) is 24.7 Å². The van der Waals surface area contributed by atoms with Gasteiger partial charge in [-0.3, -0.25) is 14.5 Å². The number of carbonyl (C=O) groups excluding carboxylic acids is 1. The second-order valence-corrected chi connectivity index (χ2v) is 6.44. The maximum Gasteiger partial charge on any atom is 0.387 e. The van der Waals surface area contributed by atoms with Crippen molar-refractivity contribution in [2.75, 3.05) is 26.7 Å². The highest BCUT2D eigenvalue weighted by atomic mass is 19.3. The summed E-state index contributed by atoms with van der Waals surface area (Å²) < 4.78 is 29.5. The molecule has 6 nitrogen and oxygen atoms in total. The van der Waals surface area contributed by atoms with Gasteiger partial charge in [-0.15, -0.1) is 0 Å². The summed E-state index contributed by atoms with van der Waals surface area (Å²) in [6, 6.07) is 6.41. The number of aliphatic carboxylic acids is 1. The Morgan fingerprint density at radius 1 is 1.31 bits per heavy atom. The molecule has 0 saturated carbocycles. The third-order valence-electron chi connectivity index (χ3n) is 4.59. The number of rotatable bonds is 7. The van der Waals surface area contributed by atoms with Crippen molar-refractivity contribution < 1.29 is 28.2 Å². The topological polar surface area (TPSA) is 70.1 Å². The van der Waals surface area contributed by atoms with Crippen LogP contribution < -0.4 is 4.74 Å². The number of likely N-dealkylation sites (tertiary alicyclic amines) is 1. The van der Waals surface area contributed by atoms with E-state index in [1.54, 1.807) is 35.0 Å². The minimum Gasteiger partial charge on any atom is -0.480 e. The molecule has 1 fully saturated rings. The minimum atomic E-state index is -2.94. The lowest BCUT2D eigenvalue weighted by molar-refractivity contribution is -0.138. The first-order valence-electron chi connectivity index (χ1n) is 8.59. The van der Waals surface area contributed by atoms with Gasteiger partial charge in [0.1, 0.15) is 5.75 Å². The zero-order chi connectivity index (χ0) is 19.1. The standard InChI is InChI=1S/C18H24F2N2O4/c1-21(12-17(24)25)14-6-4-9-22(10-8-14)16(23)11-13-5-2-3-7-15(13)26-18(19)20/h2-3,5,7,14,18H,4,6,8-12H2,1H3,(H,24,25). The van der Waals surface area contributed by atoms with Crippen LogP contribution in [0.15, 0.2) is 24.3 Å². The van der Waals surface area contributed by atoms with Crippen molar-refractivity contribution in [3.8, 4) is 5.75 Å². The third-order valence-corrected chi connectivity index (χ3v) is 4.59. The van der Waals surface area contributed by atoms with Gasteiger partial charge in [-0.1, -0.05) is 18.2 Å². The summed E-state index contributed by atoms with van der Waals surface area (Å²) in [5.41, 5.74) is 0.432. The second kappa shape index (κ2) is 9.47. The Hall–Kier alpha value is -2.22. The molecule has 0 aliphatic carbocycles. The SMILES string of the molecule is CN(CC(=O)O)C1CCCN(C(=O)Cc2ccccc2OC(F)F)CC1. The van der Waals surface area contributed by atoms with Gasteiger partial charge >= 0.3 is 12.6 Å². The predicted molar refractivity (Wildman–Crippen MR) is 91.3 cm³/mol. The number of nitrogens with zero attached hydrogens (tertiary/aromatic N) is 2. The van der Waals surface area contributed by atoms with Crippen LogP contribution in [0.1, 0.15) is 24.8 Å². The van der Waals surface area contributed by atoms with E-state index in [1.807, 2.05) is 0 Å². The minimum absolute atomic E-state index is 0.00146. The first-order valence-corrected chi connectivity index (χ1v) is 8.59. The third kappa shape index (κ3) is 5.94. The molecule has 144 valence electrons. The highest BCUT2D eigenvalue weighted by Crippen LogP contribution is 2.22. The van der Waals surface area contributed by atoms with E-state index in [1.165, 1.54) is 6.07 Å². The summed E-state index contributed by atoms with van der Waals surface area (Å²) in [5, 5.41) is 8.91. The number of carbonyl (C=O) groups is 2. The summed E-state index contributed by atoms with van der Waals surface area (Å²) in [7, 11) is 1.77. The van der Waals surface area contributed by atoms with Crippen LogP contribution in [0.2, 0.25) is 0 Å². The Kier molecular flexibility index (Phi) is 7.32. The zero-order valence-electron chi connectivity index (χ0n) is 14.7. The maximum atomic E-state index is 12.6. The van der Waals surface area contributed by atoms with Crippen molar-refractivity contribution in [1.29, 1.82) is 0 Å². The fourth-order valence-corrected chi connectivity index (χ4v) is 3.25. The molecule has 1 aromatic rings. The monoisotopic (exact) mass is 370 g/mol. The number of carboxylic acid groups (broad SMARTS) is 1. The number of hydrogen-bond acceptors (Lipinski definition) is 4. The van der Waals surface area contributed by atoms with E-state index in [-0.39, 0.29) is 30.7 Å². The molecule has 2 rings (SSSR count). The fourth-order valence-electron chi connectivity index (χ4n) is 3.25. The van der Waals surface area contributed by atoms with Crippen LogP contribution >= 0.6 is 0 Å². The van der Waals surface area contributed by atoms with Gasteiger partial charge < -0.3 is 14.7 Å². The Morgan fingerprint density at radius 2 is 2.04 bits per heavy atom. The van der Waals surface area contributed by atoms with Crippen LogP contribution in [-0.4, -0.2) is 66.1 Å². The Bertz CT molecular complexity index is 627. The number of ether oxygens (including phenoxy) is 1. The molecule has 1 N–H and O–H groups in total. The van der Waals surface area contributed by atoms with Gasteiger partial charge in [-0.25, -0.2) is 0 Å². The largest absolute Gasteiger partial charge is 0.480 e. The normalized spacial score (nSPS) is 18.0. The molecule has 1 atom stereocenters. The van der Waals surface area contributed by atoms with E-state index in [0.29, 0.717) is 25.1 Å². The van der Waals surface area contributed by atoms with E-state index in [0.717, 1.165) is 12.8 Å². The first kappa shape index (κ1) is 20.1. The smallest absolute Gasteiger partial charge is 0.387 e. The number of halogens is 2. The Balaban J connectivity index is 1.95. The van der Waals surface area contributed by atoms with Crippen LogP contribution in [0.5, 0.6) is 5.75 Å². The Morgan fingerprint density at radius 3 is 2.73 bits per heavy atom.